The highest BCUT2D eigenvalue weighted by molar-refractivity contribution is 7.15. The summed E-state index contributed by atoms with van der Waals surface area (Å²) in [7, 11) is 2.06. The molecule has 1 heterocycles. The Morgan fingerprint density at radius 3 is 2.83 bits per heavy atom. The Kier molecular flexibility index (Phi) is 3.99. The molecule has 96 valence electrons. The third-order valence-electron chi connectivity index (χ3n) is 2.79. The molecular weight excluding hydrogens is 242 g/mol. The van der Waals surface area contributed by atoms with Crippen molar-refractivity contribution in [1.82, 2.24) is 4.98 Å². The Labute approximate surface area is 112 Å². The lowest BCUT2D eigenvalue weighted by Crippen LogP contribution is -2.15. The maximum atomic E-state index is 5.85. The zero-order chi connectivity index (χ0) is 13.1. The lowest BCUT2D eigenvalue weighted by Gasteiger charge is -2.16. The van der Waals surface area contributed by atoms with Gasteiger partial charge in [0, 0.05) is 30.7 Å². The van der Waals surface area contributed by atoms with Gasteiger partial charge in [-0.3, -0.25) is 0 Å². The third kappa shape index (κ3) is 3.09. The lowest BCUT2D eigenvalue weighted by molar-refractivity contribution is 0.835. The normalized spacial score (nSPS) is 12.4. The number of hydrogen-bond acceptors (Lipinski definition) is 4. The molecule has 2 N–H and O–H groups in total. The van der Waals surface area contributed by atoms with E-state index in [0.717, 1.165) is 16.6 Å². The first-order valence-electron chi connectivity index (χ1n) is 6.04. The standard InChI is InChI=1S/C14H19N3S/c1-10-5-4-6-12(7-10)9-17(3)14-16-8-13(18-14)11(2)15/h4-8,11H,9,15H2,1-3H3. The van der Waals surface area contributed by atoms with Crippen molar-refractivity contribution in [3.63, 3.8) is 0 Å². The Bertz CT molecular complexity index is 519. The van der Waals surface area contributed by atoms with Crippen LogP contribution in [-0.4, -0.2) is 12.0 Å². The minimum absolute atomic E-state index is 0.0589. The van der Waals surface area contributed by atoms with Crippen LogP contribution in [0, 0.1) is 6.92 Å². The van der Waals surface area contributed by atoms with E-state index in [4.69, 9.17) is 5.73 Å². The summed E-state index contributed by atoms with van der Waals surface area (Å²) in [5.41, 5.74) is 8.44. The summed E-state index contributed by atoms with van der Waals surface area (Å²) in [5.74, 6) is 0. The van der Waals surface area contributed by atoms with Crippen molar-refractivity contribution in [3.05, 3.63) is 46.5 Å². The van der Waals surface area contributed by atoms with Crippen molar-refractivity contribution in [2.75, 3.05) is 11.9 Å². The molecule has 18 heavy (non-hydrogen) atoms. The fourth-order valence-corrected chi connectivity index (χ4v) is 2.64. The zero-order valence-corrected chi connectivity index (χ0v) is 11.9. The van der Waals surface area contributed by atoms with Gasteiger partial charge in [0.15, 0.2) is 5.13 Å². The third-order valence-corrected chi connectivity index (χ3v) is 4.10. The lowest BCUT2D eigenvalue weighted by atomic mass is 10.1. The average Bonchev–Trinajstić information content (AvgIpc) is 2.78. The highest BCUT2D eigenvalue weighted by Crippen LogP contribution is 2.26. The molecule has 1 unspecified atom stereocenters. The van der Waals surface area contributed by atoms with Crippen LogP contribution in [0.2, 0.25) is 0 Å². The van der Waals surface area contributed by atoms with Crippen LogP contribution in [0.4, 0.5) is 5.13 Å². The maximum Gasteiger partial charge on any atom is 0.185 e. The van der Waals surface area contributed by atoms with E-state index in [9.17, 15) is 0 Å². The van der Waals surface area contributed by atoms with E-state index in [2.05, 4.69) is 48.1 Å². The topological polar surface area (TPSA) is 42.2 Å². The van der Waals surface area contributed by atoms with Crippen molar-refractivity contribution >= 4 is 16.5 Å². The highest BCUT2D eigenvalue weighted by Gasteiger charge is 2.09. The first-order valence-corrected chi connectivity index (χ1v) is 6.86. The average molecular weight is 261 g/mol. The molecule has 1 atom stereocenters. The molecule has 3 nitrogen and oxygen atoms in total. The van der Waals surface area contributed by atoms with Gasteiger partial charge in [-0.25, -0.2) is 4.98 Å². The van der Waals surface area contributed by atoms with E-state index < -0.39 is 0 Å². The molecule has 2 rings (SSSR count). The summed E-state index contributed by atoms with van der Waals surface area (Å²) in [6.07, 6.45) is 1.87. The number of hydrogen-bond donors (Lipinski definition) is 1. The van der Waals surface area contributed by atoms with Crippen LogP contribution in [-0.2, 0) is 6.54 Å². The number of thiazole rings is 1. The quantitative estimate of drug-likeness (QED) is 0.919. The van der Waals surface area contributed by atoms with E-state index in [0.29, 0.717) is 0 Å². The van der Waals surface area contributed by atoms with Gasteiger partial charge >= 0.3 is 0 Å². The number of nitrogens with two attached hydrogens (primary N) is 1. The van der Waals surface area contributed by atoms with Crippen LogP contribution >= 0.6 is 11.3 Å². The summed E-state index contributed by atoms with van der Waals surface area (Å²) in [5, 5.41) is 1.02. The molecule has 4 heteroatoms. The van der Waals surface area contributed by atoms with Crippen LogP contribution in [0.3, 0.4) is 0 Å². The van der Waals surface area contributed by atoms with Gasteiger partial charge in [-0.1, -0.05) is 29.8 Å². The molecule has 0 aliphatic heterocycles. The Hall–Kier alpha value is -1.39. The molecule has 0 aliphatic rings. The van der Waals surface area contributed by atoms with Gasteiger partial charge in [0.05, 0.1) is 0 Å². The van der Waals surface area contributed by atoms with E-state index in [1.807, 2.05) is 13.1 Å². The van der Waals surface area contributed by atoms with Crippen LogP contribution in [0.25, 0.3) is 0 Å². The molecule has 2 aromatic rings. The van der Waals surface area contributed by atoms with Crippen molar-refractivity contribution in [1.29, 1.82) is 0 Å². The summed E-state index contributed by atoms with van der Waals surface area (Å²) >= 11 is 1.66. The SMILES string of the molecule is Cc1cccc(CN(C)c2ncc(C(C)N)s2)c1. The van der Waals surface area contributed by atoms with Gasteiger partial charge < -0.3 is 10.6 Å². The number of rotatable bonds is 4. The van der Waals surface area contributed by atoms with E-state index in [1.165, 1.54) is 11.1 Å². The Balaban J connectivity index is 2.09. The minimum atomic E-state index is 0.0589. The predicted octanol–water partition coefficient (Wildman–Crippen LogP) is 3.11. The van der Waals surface area contributed by atoms with Gasteiger partial charge in [-0.15, -0.1) is 11.3 Å². The largest absolute Gasteiger partial charge is 0.347 e. The number of benzene rings is 1. The maximum absolute atomic E-state index is 5.85. The molecule has 0 aliphatic carbocycles. The molecule has 1 aromatic heterocycles. The van der Waals surface area contributed by atoms with Gasteiger partial charge in [-0.2, -0.15) is 0 Å². The van der Waals surface area contributed by atoms with Crippen molar-refractivity contribution in [3.8, 4) is 0 Å². The Morgan fingerprint density at radius 2 is 2.22 bits per heavy atom. The van der Waals surface area contributed by atoms with Crippen molar-refractivity contribution in [2.24, 2.45) is 5.73 Å². The van der Waals surface area contributed by atoms with Crippen LogP contribution in [0.5, 0.6) is 0 Å². The second-order valence-corrected chi connectivity index (χ2v) is 5.72. The molecule has 0 fully saturated rings. The van der Waals surface area contributed by atoms with E-state index >= 15 is 0 Å². The second-order valence-electron chi connectivity index (χ2n) is 4.68. The first-order chi connectivity index (χ1) is 8.56. The van der Waals surface area contributed by atoms with Gasteiger partial charge in [0.25, 0.3) is 0 Å². The smallest absolute Gasteiger partial charge is 0.185 e. The number of anilines is 1. The van der Waals surface area contributed by atoms with Crippen molar-refractivity contribution < 1.29 is 0 Å². The van der Waals surface area contributed by atoms with Crippen molar-refractivity contribution in [2.45, 2.75) is 26.4 Å². The minimum Gasteiger partial charge on any atom is -0.347 e. The van der Waals surface area contributed by atoms with E-state index in [-0.39, 0.29) is 6.04 Å². The predicted molar refractivity (Wildman–Crippen MR) is 78.0 cm³/mol. The monoisotopic (exact) mass is 261 g/mol. The van der Waals surface area contributed by atoms with Crippen LogP contribution < -0.4 is 10.6 Å². The van der Waals surface area contributed by atoms with Gasteiger partial charge in [0.2, 0.25) is 0 Å². The molecule has 0 bridgehead atoms. The fraction of sp³-hybridized carbons (Fsp3) is 0.357. The van der Waals surface area contributed by atoms with Crippen LogP contribution in [0.15, 0.2) is 30.5 Å². The number of aromatic nitrogens is 1. The number of aryl methyl sites for hydroxylation is 1. The number of nitrogens with zero attached hydrogens (tertiary/aromatic N) is 2. The van der Waals surface area contributed by atoms with Crippen LogP contribution in [0.1, 0.15) is 29.0 Å². The molecule has 1 aromatic carbocycles. The van der Waals surface area contributed by atoms with E-state index in [1.54, 1.807) is 11.3 Å². The highest BCUT2D eigenvalue weighted by atomic mass is 32.1. The molecule has 0 saturated heterocycles. The fourth-order valence-electron chi connectivity index (χ4n) is 1.82. The van der Waals surface area contributed by atoms with Gasteiger partial charge in [-0.05, 0) is 19.4 Å². The Morgan fingerprint density at radius 1 is 1.44 bits per heavy atom. The zero-order valence-electron chi connectivity index (χ0n) is 11.1. The summed E-state index contributed by atoms with van der Waals surface area (Å²) in [6, 6.07) is 8.61. The molecule has 0 amide bonds. The molecule has 0 saturated carbocycles. The molecule has 0 radical (unpaired) electrons. The summed E-state index contributed by atoms with van der Waals surface area (Å²) in [6.45, 7) is 4.96. The summed E-state index contributed by atoms with van der Waals surface area (Å²) < 4.78 is 0. The first kappa shape index (κ1) is 13.1. The van der Waals surface area contributed by atoms with Gasteiger partial charge in [0.1, 0.15) is 0 Å². The second kappa shape index (κ2) is 5.50. The molecular formula is C14H19N3S. The molecule has 0 spiro atoms. The summed E-state index contributed by atoms with van der Waals surface area (Å²) in [4.78, 5) is 7.70.